The molecular formula is C22H32N4OS. The van der Waals surface area contributed by atoms with Crippen molar-refractivity contribution in [1.82, 2.24) is 19.7 Å². The number of rotatable bonds is 5. The van der Waals surface area contributed by atoms with E-state index in [9.17, 15) is 4.79 Å². The number of benzene rings is 1. The minimum atomic E-state index is 0.130. The van der Waals surface area contributed by atoms with E-state index < -0.39 is 0 Å². The largest absolute Gasteiger partial charge is 0.342 e. The number of thioether (sulfide) groups is 1. The normalized spacial score (nSPS) is 15.8. The summed E-state index contributed by atoms with van der Waals surface area (Å²) in [6.45, 7) is 13.5. The van der Waals surface area contributed by atoms with Crippen LogP contribution in [0.1, 0.15) is 53.0 Å². The Morgan fingerprint density at radius 3 is 2.36 bits per heavy atom. The molecule has 3 rings (SSSR count). The van der Waals surface area contributed by atoms with Gasteiger partial charge in [-0.05, 0) is 36.7 Å². The second-order valence-electron chi connectivity index (χ2n) is 8.73. The predicted octanol–water partition coefficient (Wildman–Crippen LogP) is 4.61. The third-order valence-corrected chi connectivity index (χ3v) is 6.45. The number of likely N-dealkylation sites (tertiary alicyclic amines) is 1. The smallest absolute Gasteiger partial charge is 0.233 e. The summed E-state index contributed by atoms with van der Waals surface area (Å²) >= 11 is 1.50. The van der Waals surface area contributed by atoms with Crippen molar-refractivity contribution in [3.8, 4) is 11.4 Å². The number of nitrogens with zero attached hydrogens (tertiary/aromatic N) is 4. The van der Waals surface area contributed by atoms with E-state index in [1.165, 1.54) is 17.3 Å². The van der Waals surface area contributed by atoms with Crippen LogP contribution in [0, 0.1) is 5.92 Å². The number of carbonyl (C=O) groups is 1. The molecule has 0 saturated carbocycles. The lowest BCUT2D eigenvalue weighted by molar-refractivity contribution is -0.129. The Balaban J connectivity index is 1.69. The quantitative estimate of drug-likeness (QED) is 0.688. The Morgan fingerprint density at radius 1 is 1.14 bits per heavy atom. The van der Waals surface area contributed by atoms with Gasteiger partial charge >= 0.3 is 0 Å². The molecule has 1 aliphatic heterocycles. The maximum atomic E-state index is 12.5. The SMILES string of the molecule is CCn1c(SCC(=O)N2CCC(C)CC2)nnc1-c1ccc(C(C)(C)C)cc1. The number of piperidine rings is 1. The van der Waals surface area contributed by atoms with Crippen molar-refractivity contribution in [3.63, 3.8) is 0 Å². The third-order valence-electron chi connectivity index (χ3n) is 5.50. The summed E-state index contributed by atoms with van der Waals surface area (Å²) in [4.78, 5) is 14.5. The molecule has 0 bridgehead atoms. The first-order valence-corrected chi connectivity index (χ1v) is 11.2. The number of hydrogen-bond donors (Lipinski definition) is 0. The Kier molecular flexibility index (Phi) is 6.48. The molecule has 5 nitrogen and oxygen atoms in total. The Hall–Kier alpha value is -1.82. The van der Waals surface area contributed by atoms with E-state index >= 15 is 0 Å². The van der Waals surface area contributed by atoms with Gasteiger partial charge in [0.25, 0.3) is 0 Å². The summed E-state index contributed by atoms with van der Waals surface area (Å²) in [7, 11) is 0. The van der Waals surface area contributed by atoms with Crippen molar-refractivity contribution in [1.29, 1.82) is 0 Å². The van der Waals surface area contributed by atoms with Gasteiger partial charge in [-0.1, -0.05) is 63.7 Å². The fourth-order valence-corrected chi connectivity index (χ4v) is 4.39. The van der Waals surface area contributed by atoms with Crippen molar-refractivity contribution in [3.05, 3.63) is 29.8 Å². The first-order valence-electron chi connectivity index (χ1n) is 10.2. The molecular weight excluding hydrogens is 368 g/mol. The third kappa shape index (κ3) is 4.77. The summed E-state index contributed by atoms with van der Waals surface area (Å²) in [5.41, 5.74) is 2.49. The molecule has 28 heavy (non-hydrogen) atoms. The van der Waals surface area contributed by atoms with Crippen LogP contribution in [-0.2, 0) is 16.8 Å². The zero-order valence-electron chi connectivity index (χ0n) is 17.7. The second kappa shape index (κ2) is 8.68. The van der Waals surface area contributed by atoms with E-state index in [0.717, 1.165) is 54.9 Å². The van der Waals surface area contributed by atoms with Crippen molar-refractivity contribution in [2.45, 2.75) is 64.6 Å². The van der Waals surface area contributed by atoms with Crippen LogP contribution in [0.5, 0.6) is 0 Å². The van der Waals surface area contributed by atoms with Gasteiger partial charge in [0.05, 0.1) is 5.75 Å². The molecule has 0 spiro atoms. The summed E-state index contributed by atoms with van der Waals surface area (Å²) in [5.74, 6) is 2.23. The van der Waals surface area contributed by atoms with Gasteiger partial charge in [-0.3, -0.25) is 4.79 Å². The van der Waals surface area contributed by atoms with E-state index in [4.69, 9.17) is 0 Å². The van der Waals surface area contributed by atoms with Gasteiger partial charge in [-0.15, -0.1) is 10.2 Å². The van der Waals surface area contributed by atoms with E-state index in [-0.39, 0.29) is 11.3 Å². The highest BCUT2D eigenvalue weighted by atomic mass is 32.2. The molecule has 1 aromatic carbocycles. The number of aromatic nitrogens is 3. The average molecular weight is 401 g/mol. The van der Waals surface area contributed by atoms with Gasteiger partial charge in [0.2, 0.25) is 5.91 Å². The summed E-state index contributed by atoms with van der Waals surface area (Å²) in [6, 6.07) is 8.56. The predicted molar refractivity (Wildman–Crippen MR) is 116 cm³/mol. The molecule has 0 radical (unpaired) electrons. The number of amides is 1. The van der Waals surface area contributed by atoms with Crippen LogP contribution in [0.2, 0.25) is 0 Å². The van der Waals surface area contributed by atoms with Gasteiger partial charge in [0.1, 0.15) is 0 Å². The summed E-state index contributed by atoms with van der Waals surface area (Å²) in [6.07, 6.45) is 2.21. The molecule has 2 aromatic rings. The lowest BCUT2D eigenvalue weighted by Crippen LogP contribution is -2.38. The maximum absolute atomic E-state index is 12.5. The molecule has 2 heterocycles. The molecule has 1 aromatic heterocycles. The first kappa shape index (κ1) is 20.9. The van der Waals surface area contributed by atoms with Gasteiger partial charge in [0, 0.05) is 25.2 Å². The summed E-state index contributed by atoms with van der Waals surface area (Å²) < 4.78 is 2.10. The molecule has 0 aliphatic carbocycles. The van der Waals surface area contributed by atoms with E-state index in [1.807, 2.05) is 4.90 Å². The van der Waals surface area contributed by atoms with Crippen molar-refractivity contribution in [2.75, 3.05) is 18.8 Å². The van der Waals surface area contributed by atoms with E-state index in [0.29, 0.717) is 5.75 Å². The van der Waals surface area contributed by atoms with Crippen LogP contribution in [0.15, 0.2) is 29.4 Å². The molecule has 1 saturated heterocycles. The Labute approximate surface area is 172 Å². The second-order valence-corrected chi connectivity index (χ2v) is 9.67. The highest BCUT2D eigenvalue weighted by Gasteiger charge is 2.22. The molecule has 0 unspecified atom stereocenters. The Bertz CT molecular complexity index is 799. The lowest BCUT2D eigenvalue weighted by Gasteiger charge is -2.30. The fraction of sp³-hybridized carbons (Fsp3) is 0.591. The molecule has 1 fully saturated rings. The highest BCUT2D eigenvalue weighted by molar-refractivity contribution is 7.99. The molecule has 6 heteroatoms. The van der Waals surface area contributed by atoms with Crippen molar-refractivity contribution < 1.29 is 4.79 Å². The van der Waals surface area contributed by atoms with Gasteiger partial charge < -0.3 is 9.47 Å². The average Bonchev–Trinajstić information content (AvgIpc) is 3.09. The fourth-order valence-electron chi connectivity index (χ4n) is 3.49. The zero-order valence-corrected chi connectivity index (χ0v) is 18.6. The Morgan fingerprint density at radius 2 is 1.79 bits per heavy atom. The van der Waals surface area contributed by atoms with Crippen molar-refractivity contribution in [2.24, 2.45) is 5.92 Å². The van der Waals surface area contributed by atoms with Crippen LogP contribution in [0.4, 0.5) is 0 Å². The van der Waals surface area contributed by atoms with Crippen LogP contribution >= 0.6 is 11.8 Å². The monoisotopic (exact) mass is 400 g/mol. The van der Waals surface area contributed by atoms with Crippen molar-refractivity contribution >= 4 is 17.7 Å². The van der Waals surface area contributed by atoms with Crippen LogP contribution in [-0.4, -0.2) is 44.4 Å². The highest BCUT2D eigenvalue weighted by Crippen LogP contribution is 2.28. The topological polar surface area (TPSA) is 51.0 Å². The number of hydrogen-bond acceptors (Lipinski definition) is 4. The van der Waals surface area contributed by atoms with Crippen LogP contribution < -0.4 is 0 Å². The van der Waals surface area contributed by atoms with Gasteiger partial charge in [0.15, 0.2) is 11.0 Å². The van der Waals surface area contributed by atoms with E-state index in [1.54, 1.807) is 0 Å². The van der Waals surface area contributed by atoms with Crippen LogP contribution in [0.3, 0.4) is 0 Å². The lowest BCUT2D eigenvalue weighted by atomic mass is 9.87. The molecule has 0 N–H and O–H groups in total. The van der Waals surface area contributed by atoms with Crippen LogP contribution in [0.25, 0.3) is 11.4 Å². The minimum Gasteiger partial charge on any atom is -0.342 e. The van der Waals surface area contributed by atoms with E-state index in [2.05, 4.69) is 73.6 Å². The molecule has 0 atom stereocenters. The van der Waals surface area contributed by atoms with Gasteiger partial charge in [-0.2, -0.15) is 0 Å². The first-order chi connectivity index (χ1) is 13.3. The summed E-state index contributed by atoms with van der Waals surface area (Å²) in [5, 5.41) is 9.60. The number of carbonyl (C=O) groups excluding carboxylic acids is 1. The van der Waals surface area contributed by atoms with Gasteiger partial charge in [-0.25, -0.2) is 0 Å². The molecule has 1 aliphatic rings. The molecule has 1 amide bonds. The maximum Gasteiger partial charge on any atom is 0.233 e. The molecule has 152 valence electrons. The standard InChI is InChI=1S/C22H32N4OS/c1-6-26-20(17-7-9-18(10-8-17)22(3,4)5)23-24-21(26)28-15-19(27)25-13-11-16(2)12-14-25/h7-10,16H,6,11-15H2,1-5H3. The zero-order chi connectivity index (χ0) is 20.3. The minimum absolute atomic E-state index is 0.130.